The van der Waals surface area contributed by atoms with Crippen molar-refractivity contribution in [2.24, 2.45) is 4.99 Å². The Labute approximate surface area is 193 Å². The van der Waals surface area contributed by atoms with E-state index in [9.17, 15) is 9.18 Å². The number of likely N-dealkylation sites (N-methyl/N-ethyl adjacent to an activating group) is 1. The molecular formula is C21H31FIN5O2. The van der Waals surface area contributed by atoms with Gasteiger partial charge in [-0.05, 0) is 44.9 Å². The quantitative estimate of drug-likeness (QED) is 0.304. The van der Waals surface area contributed by atoms with E-state index >= 15 is 0 Å². The molecule has 0 aliphatic carbocycles. The maximum absolute atomic E-state index is 13.5. The molecule has 1 aliphatic heterocycles. The standard InChI is InChI=1S/C21H30FN5O2.HI/c1-4-24-21(26-16-7-9-27(10-8-16)13-20(28)23-3)25-12-19-14(2)17-11-15(22)5-6-18(17)29-19;/h5-6,11,16H,4,7-10,12-13H2,1-3H3,(H,23,28)(H2,24,25,26);1H. The number of hydrogen-bond donors (Lipinski definition) is 3. The highest BCUT2D eigenvalue weighted by Gasteiger charge is 2.21. The van der Waals surface area contributed by atoms with Gasteiger partial charge in [-0.25, -0.2) is 9.38 Å². The number of aryl methyl sites for hydroxylation is 1. The van der Waals surface area contributed by atoms with Crippen LogP contribution in [0.4, 0.5) is 4.39 Å². The fraction of sp³-hybridized carbons (Fsp3) is 0.524. The van der Waals surface area contributed by atoms with Crippen LogP contribution in [0.15, 0.2) is 27.6 Å². The predicted octanol–water partition coefficient (Wildman–Crippen LogP) is 2.76. The topological polar surface area (TPSA) is 81.9 Å². The van der Waals surface area contributed by atoms with E-state index in [1.54, 1.807) is 13.1 Å². The highest BCUT2D eigenvalue weighted by Crippen LogP contribution is 2.26. The number of amides is 1. The summed E-state index contributed by atoms with van der Waals surface area (Å²) in [6.45, 7) is 7.29. The third-order valence-corrected chi connectivity index (χ3v) is 5.30. The molecule has 0 unspecified atom stereocenters. The lowest BCUT2D eigenvalue weighted by Gasteiger charge is -2.32. The van der Waals surface area contributed by atoms with Gasteiger partial charge in [0.05, 0.1) is 6.54 Å². The first kappa shape index (κ1) is 24.4. The van der Waals surface area contributed by atoms with E-state index in [1.807, 2.05) is 13.8 Å². The number of fused-ring (bicyclic) bond motifs is 1. The van der Waals surface area contributed by atoms with Crippen LogP contribution in [0.5, 0.6) is 0 Å². The fourth-order valence-electron chi connectivity index (χ4n) is 3.58. The second kappa shape index (κ2) is 11.5. The number of rotatable bonds is 6. The summed E-state index contributed by atoms with van der Waals surface area (Å²) in [5.41, 5.74) is 1.59. The average Bonchev–Trinajstić information content (AvgIpc) is 3.03. The molecule has 1 aromatic carbocycles. The zero-order valence-electron chi connectivity index (χ0n) is 17.8. The predicted molar refractivity (Wildman–Crippen MR) is 128 cm³/mol. The largest absolute Gasteiger partial charge is 0.459 e. The van der Waals surface area contributed by atoms with Gasteiger partial charge in [0, 0.05) is 43.7 Å². The van der Waals surface area contributed by atoms with Gasteiger partial charge in [-0.3, -0.25) is 9.69 Å². The third-order valence-electron chi connectivity index (χ3n) is 5.30. The van der Waals surface area contributed by atoms with E-state index in [0.29, 0.717) is 24.7 Å². The van der Waals surface area contributed by atoms with Crippen LogP contribution in [-0.2, 0) is 11.3 Å². The summed E-state index contributed by atoms with van der Waals surface area (Å²) < 4.78 is 19.4. The molecule has 2 aromatic rings. The fourth-order valence-corrected chi connectivity index (χ4v) is 3.58. The number of hydrogen-bond acceptors (Lipinski definition) is 4. The first-order valence-electron chi connectivity index (χ1n) is 10.2. The number of guanidine groups is 1. The van der Waals surface area contributed by atoms with E-state index in [4.69, 9.17) is 4.42 Å². The molecule has 0 spiro atoms. The number of likely N-dealkylation sites (tertiary alicyclic amines) is 1. The van der Waals surface area contributed by atoms with E-state index in [0.717, 1.165) is 55.1 Å². The van der Waals surface area contributed by atoms with Crippen LogP contribution in [0.1, 0.15) is 31.1 Å². The molecular weight excluding hydrogens is 500 g/mol. The lowest BCUT2D eigenvalue weighted by molar-refractivity contribution is -0.122. The second-order valence-corrected chi connectivity index (χ2v) is 7.35. The number of carbonyl (C=O) groups excluding carboxylic acids is 1. The highest BCUT2D eigenvalue weighted by molar-refractivity contribution is 14.0. The van der Waals surface area contributed by atoms with Crippen LogP contribution in [0, 0.1) is 12.7 Å². The molecule has 0 atom stereocenters. The molecule has 9 heteroatoms. The van der Waals surface area contributed by atoms with E-state index in [2.05, 4.69) is 25.8 Å². The molecule has 0 saturated carbocycles. The number of nitrogens with zero attached hydrogens (tertiary/aromatic N) is 2. The maximum atomic E-state index is 13.5. The zero-order chi connectivity index (χ0) is 20.8. The maximum Gasteiger partial charge on any atom is 0.233 e. The Morgan fingerprint density at radius 3 is 2.73 bits per heavy atom. The minimum atomic E-state index is -0.269. The zero-order valence-corrected chi connectivity index (χ0v) is 20.1. The molecule has 1 amide bonds. The van der Waals surface area contributed by atoms with Gasteiger partial charge < -0.3 is 20.4 Å². The summed E-state index contributed by atoms with van der Waals surface area (Å²) in [5.74, 6) is 1.26. The molecule has 1 aliphatic rings. The monoisotopic (exact) mass is 531 g/mol. The minimum absolute atomic E-state index is 0. The molecule has 30 heavy (non-hydrogen) atoms. The van der Waals surface area contributed by atoms with Crippen LogP contribution in [0.2, 0.25) is 0 Å². The lowest BCUT2D eigenvalue weighted by atomic mass is 10.1. The molecule has 1 fully saturated rings. The van der Waals surface area contributed by atoms with E-state index in [-0.39, 0.29) is 35.7 Å². The number of furan rings is 1. The third kappa shape index (κ3) is 6.31. The van der Waals surface area contributed by atoms with Gasteiger partial charge in [-0.15, -0.1) is 24.0 Å². The molecule has 3 rings (SSSR count). The summed E-state index contributed by atoms with van der Waals surface area (Å²) in [5, 5.41) is 10.2. The van der Waals surface area contributed by atoms with Gasteiger partial charge in [0.15, 0.2) is 5.96 Å². The molecule has 0 radical (unpaired) electrons. The first-order chi connectivity index (χ1) is 14.0. The van der Waals surface area contributed by atoms with Crippen molar-refractivity contribution in [3.63, 3.8) is 0 Å². The molecule has 2 heterocycles. The summed E-state index contributed by atoms with van der Waals surface area (Å²) in [6.07, 6.45) is 1.90. The summed E-state index contributed by atoms with van der Waals surface area (Å²) in [6, 6.07) is 4.86. The van der Waals surface area contributed by atoms with Crippen LogP contribution < -0.4 is 16.0 Å². The van der Waals surface area contributed by atoms with E-state index < -0.39 is 0 Å². The van der Waals surface area contributed by atoms with Crippen molar-refractivity contribution in [3.8, 4) is 0 Å². The molecule has 0 bridgehead atoms. The van der Waals surface area contributed by atoms with Crippen LogP contribution >= 0.6 is 24.0 Å². The van der Waals surface area contributed by atoms with Gasteiger partial charge in [-0.2, -0.15) is 0 Å². The van der Waals surface area contributed by atoms with Crippen LogP contribution in [-0.4, -0.2) is 56.0 Å². The van der Waals surface area contributed by atoms with Gasteiger partial charge in [0.2, 0.25) is 5.91 Å². The SMILES string of the molecule is CCNC(=NCc1oc2ccc(F)cc2c1C)NC1CCN(CC(=O)NC)CC1.I. The van der Waals surface area contributed by atoms with Crippen molar-refractivity contribution >= 4 is 46.8 Å². The summed E-state index contributed by atoms with van der Waals surface area (Å²) in [4.78, 5) is 18.4. The van der Waals surface area contributed by atoms with E-state index in [1.165, 1.54) is 12.1 Å². The van der Waals surface area contributed by atoms with Gasteiger partial charge in [0.1, 0.15) is 23.7 Å². The molecule has 7 nitrogen and oxygen atoms in total. The molecule has 1 aromatic heterocycles. The Morgan fingerprint density at radius 2 is 2.07 bits per heavy atom. The second-order valence-electron chi connectivity index (χ2n) is 7.35. The smallest absolute Gasteiger partial charge is 0.233 e. The Balaban J connectivity index is 0.00000320. The Kier molecular flexibility index (Phi) is 9.35. The number of benzene rings is 1. The Bertz CT molecular complexity index is 878. The highest BCUT2D eigenvalue weighted by atomic mass is 127. The average molecular weight is 531 g/mol. The van der Waals surface area contributed by atoms with Gasteiger partial charge >= 0.3 is 0 Å². The number of nitrogens with one attached hydrogen (secondary N) is 3. The van der Waals surface area contributed by atoms with Crippen molar-refractivity contribution in [2.45, 2.75) is 39.3 Å². The van der Waals surface area contributed by atoms with Crippen LogP contribution in [0.25, 0.3) is 11.0 Å². The number of piperidine rings is 1. The van der Waals surface area contributed by atoms with Crippen molar-refractivity contribution in [2.75, 3.05) is 33.2 Å². The van der Waals surface area contributed by atoms with Gasteiger partial charge in [-0.1, -0.05) is 0 Å². The Morgan fingerprint density at radius 1 is 1.33 bits per heavy atom. The summed E-state index contributed by atoms with van der Waals surface area (Å²) >= 11 is 0. The number of aliphatic imine (C=N–C) groups is 1. The van der Waals surface area contributed by atoms with Crippen LogP contribution in [0.3, 0.4) is 0 Å². The number of carbonyl (C=O) groups is 1. The molecule has 166 valence electrons. The first-order valence-corrected chi connectivity index (χ1v) is 10.2. The normalized spacial score (nSPS) is 15.7. The van der Waals surface area contributed by atoms with Crippen molar-refractivity contribution in [1.82, 2.24) is 20.9 Å². The van der Waals surface area contributed by atoms with Crippen molar-refractivity contribution in [3.05, 3.63) is 35.3 Å². The number of halogens is 2. The summed E-state index contributed by atoms with van der Waals surface area (Å²) in [7, 11) is 1.66. The van der Waals surface area contributed by atoms with Crippen molar-refractivity contribution in [1.29, 1.82) is 0 Å². The van der Waals surface area contributed by atoms with Crippen molar-refractivity contribution < 1.29 is 13.6 Å². The Hall–Kier alpha value is -1.88. The molecule has 3 N–H and O–H groups in total. The lowest BCUT2D eigenvalue weighted by Crippen LogP contribution is -2.50. The minimum Gasteiger partial charge on any atom is -0.459 e. The van der Waals surface area contributed by atoms with Gasteiger partial charge in [0.25, 0.3) is 0 Å². The molecule has 1 saturated heterocycles.